The summed E-state index contributed by atoms with van der Waals surface area (Å²) in [6, 6.07) is 26.0. The van der Waals surface area contributed by atoms with E-state index in [0.717, 1.165) is 0 Å². The lowest BCUT2D eigenvalue weighted by Crippen LogP contribution is -2.46. The Morgan fingerprint density at radius 2 is 1.67 bits per heavy atom. The van der Waals surface area contributed by atoms with E-state index in [9.17, 15) is 29.6 Å². The predicted octanol–water partition coefficient (Wildman–Crippen LogP) is 6.41. The number of hydrogen-bond donors (Lipinski definition) is 2. The van der Waals surface area contributed by atoms with Crippen LogP contribution in [0.25, 0.3) is 0 Å². The van der Waals surface area contributed by atoms with Crippen LogP contribution in [0.15, 0.2) is 91.0 Å². The maximum Gasteiger partial charge on any atom is 0.269 e. The van der Waals surface area contributed by atoms with Gasteiger partial charge < -0.3 is 24.3 Å². The molecule has 0 aliphatic carbocycles. The topological polar surface area (TPSA) is 143 Å². The van der Waals surface area contributed by atoms with Crippen LogP contribution in [0.4, 0.5) is 22.7 Å². The number of hydrogen-bond acceptors (Lipinski definition) is 8. The second-order valence-corrected chi connectivity index (χ2v) is 17.1. The fraction of sp³-hybridized carbons (Fsp3) is 0.278. The van der Waals surface area contributed by atoms with Gasteiger partial charge in [-0.05, 0) is 67.5 Å². The summed E-state index contributed by atoms with van der Waals surface area (Å²) >= 11 is 0. The molecule has 4 aromatic carbocycles. The highest BCUT2D eigenvalue weighted by Gasteiger charge is 2.66. The number of nitro benzene ring substituents is 1. The second-order valence-electron chi connectivity index (χ2n) is 13.1. The maximum atomic E-state index is 14.7. The van der Waals surface area contributed by atoms with Crippen LogP contribution in [-0.2, 0) is 21.7 Å². The number of rotatable bonds is 7. The molecule has 3 aliphatic rings. The molecule has 1 fully saturated rings. The number of amides is 2. The first kappa shape index (κ1) is 31.7. The standard InChI is InChI=1S/C36H35N3O8Si/c1-22-33(48(2,3)45)32(17-18-40)47-36(22)27-20-25(39(43)44)15-16-28(27)37(35(36)42)21-23-9-8-10-24(19-23)38-29-12-5-7-14-31(29)46-30-13-6-4-11-26(30)34(38)41/h4-16,19-20,22,32-33,40,45H,17-18,21H2,1-3H3/t22-,32+,33-,36+/m1/s1. The largest absolute Gasteiger partial charge is 0.454 e. The summed E-state index contributed by atoms with van der Waals surface area (Å²) < 4.78 is 12.8. The van der Waals surface area contributed by atoms with Crippen molar-refractivity contribution in [3.63, 3.8) is 0 Å². The molecule has 4 aromatic rings. The van der Waals surface area contributed by atoms with Gasteiger partial charge in [0.15, 0.2) is 19.7 Å². The van der Waals surface area contributed by atoms with Crippen LogP contribution in [0, 0.1) is 16.0 Å². The van der Waals surface area contributed by atoms with E-state index in [0.29, 0.717) is 45.3 Å². The van der Waals surface area contributed by atoms with E-state index >= 15 is 0 Å². The summed E-state index contributed by atoms with van der Waals surface area (Å²) in [5.41, 5.74) is 0.913. The molecule has 1 saturated heterocycles. The average Bonchev–Trinajstić information content (AvgIpc) is 3.43. The molecule has 4 atom stereocenters. The van der Waals surface area contributed by atoms with E-state index < -0.39 is 42.3 Å². The van der Waals surface area contributed by atoms with Gasteiger partial charge in [-0.3, -0.25) is 24.6 Å². The summed E-state index contributed by atoms with van der Waals surface area (Å²) in [6.45, 7) is 5.30. The van der Waals surface area contributed by atoms with Gasteiger partial charge in [0.1, 0.15) is 5.75 Å². The Bertz CT molecular complexity index is 1960. The highest BCUT2D eigenvalue weighted by Crippen LogP contribution is 2.60. The molecule has 0 bridgehead atoms. The minimum absolute atomic E-state index is 0.0847. The van der Waals surface area contributed by atoms with Crippen molar-refractivity contribution in [1.82, 2.24) is 0 Å². The van der Waals surface area contributed by atoms with Crippen molar-refractivity contribution in [3.05, 3.63) is 118 Å². The Labute approximate surface area is 278 Å². The molecule has 11 nitrogen and oxygen atoms in total. The van der Waals surface area contributed by atoms with Gasteiger partial charge in [-0.1, -0.05) is 43.3 Å². The zero-order chi connectivity index (χ0) is 34.0. The smallest absolute Gasteiger partial charge is 0.269 e. The molecule has 7 rings (SSSR count). The predicted molar refractivity (Wildman–Crippen MR) is 181 cm³/mol. The van der Waals surface area contributed by atoms with E-state index in [4.69, 9.17) is 9.47 Å². The fourth-order valence-corrected chi connectivity index (χ4v) is 10.4. The van der Waals surface area contributed by atoms with Crippen molar-refractivity contribution >= 4 is 42.9 Å². The second kappa shape index (κ2) is 11.7. The molecule has 48 heavy (non-hydrogen) atoms. The van der Waals surface area contributed by atoms with E-state index in [1.54, 1.807) is 53.2 Å². The van der Waals surface area contributed by atoms with E-state index in [1.807, 2.05) is 55.5 Å². The highest BCUT2D eigenvalue weighted by molar-refractivity contribution is 6.71. The van der Waals surface area contributed by atoms with Crippen LogP contribution in [0.1, 0.15) is 34.8 Å². The van der Waals surface area contributed by atoms with Gasteiger partial charge in [-0.15, -0.1) is 0 Å². The Kier molecular flexibility index (Phi) is 7.71. The number of nitrogens with zero attached hydrogens (tertiary/aromatic N) is 3. The van der Waals surface area contributed by atoms with Crippen molar-refractivity contribution in [2.75, 3.05) is 16.4 Å². The molecule has 12 heteroatoms. The number of para-hydroxylation sites is 3. The Morgan fingerprint density at radius 3 is 2.40 bits per heavy atom. The molecule has 246 valence electrons. The van der Waals surface area contributed by atoms with Crippen LogP contribution >= 0.6 is 0 Å². The van der Waals surface area contributed by atoms with Gasteiger partial charge in [-0.2, -0.15) is 0 Å². The lowest BCUT2D eigenvalue weighted by Gasteiger charge is -2.32. The van der Waals surface area contributed by atoms with E-state index in [2.05, 4.69) is 0 Å². The number of ether oxygens (including phenoxy) is 2. The molecule has 0 unspecified atom stereocenters. The first-order valence-corrected chi connectivity index (χ1v) is 18.9. The van der Waals surface area contributed by atoms with Gasteiger partial charge in [-0.25, -0.2) is 0 Å². The normalized spacial score (nSPS) is 23.1. The van der Waals surface area contributed by atoms with Gasteiger partial charge in [0.05, 0.1) is 34.5 Å². The molecule has 3 heterocycles. The monoisotopic (exact) mass is 665 g/mol. The number of anilines is 3. The van der Waals surface area contributed by atoms with E-state index in [1.165, 1.54) is 12.1 Å². The fourth-order valence-electron chi connectivity index (χ4n) is 7.77. The van der Waals surface area contributed by atoms with Crippen LogP contribution in [0.3, 0.4) is 0 Å². The Morgan fingerprint density at radius 1 is 0.938 bits per heavy atom. The van der Waals surface area contributed by atoms with Crippen molar-refractivity contribution in [2.45, 2.75) is 50.2 Å². The number of carbonyl (C=O) groups excluding carboxylic acids is 2. The maximum absolute atomic E-state index is 14.7. The molecule has 2 N–H and O–H groups in total. The third kappa shape index (κ3) is 4.91. The highest BCUT2D eigenvalue weighted by atomic mass is 28.4. The lowest BCUT2D eigenvalue weighted by atomic mass is 9.82. The molecule has 2 amide bonds. The van der Waals surface area contributed by atoms with Gasteiger partial charge in [0.25, 0.3) is 17.5 Å². The Balaban J connectivity index is 1.30. The van der Waals surface area contributed by atoms with Gasteiger partial charge >= 0.3 is 0 Å². The van der Waals surface area contributed by atoms with Crippen molar-refractivity contribution < 1.29 is 33.9 Å². The Hall–Kier alpha value is -4.88. The van der Waals surface area contributed by atoms with Crippen LogP contribution < -0.4 is 14.5 Å². The van der Waals surface area contributed by atoms with E-state index in [-0.39, 0.29) is 31.2 Å². The van der Waals surface area contributed by atoms with Gasteiger partial charge in [0.2, 0.25) is 0 Å². The SMILES string of the molecule is C[C@@H]1[C@@H]([Si](C)(C)O)[C@H](CCO)O[C@@]12C(=O)N(Cc1cccc(N3C(=O)c4ccccc4Oc4ccccc43)c1)c1ccc([N+](=O)[O-])cc12. The van der Waals surface area contributed by atoms with Crippen LogP contribution in [0.5, 0.6) is 11.5 Å². The minimum Gasteiger partial charge on any atom is -0.454 e. The van der Waals surface area contributed by atoms with Crippen molar-refractivity contribution in [3.8, 4) is 11.5 Å². The molecule has 0 radical (unpaired) electrons. The zero-order valence-electron chi connectivity index (χ0n) is 26.7. The first-order valence-electron chi connectivity index (χ1n) is 15.9. The average molecular weight is 666 g/mol. The summed E-state index contributed by atoms with van der Waals surface area (Å²) in [5, 5.41) is 21.8. The zero-order valence-corrected chi connectivity index (χ0v) is 27.7. The van der Waals surface area contributed by atoms with Gasteiger partial charge in [0, 0.05) is 41.4 Å². The summed E-state index contributed by atoms with van der Waals surface area (Å²) in [5.74, 6) is -0.228. The molecular formula is C36H35N3O8Si. The number of non-ortho nitro benzene ring substituents is 1. The van der Waals surface area contributed by atoms with Crippen LogP contribution in [-0.4, -0.2) is 47.7 Å². The number of aliphatic hydroxyl groups is 1. The summed E-state index contributed by atoms with van der Waals surface area (Å²) in [6.07, 6.45) is -0.402. The lowest BCUT2D eigenvalue weighted by molar-refractivity contribution is -0.385. The van der Waals surface area contributed by atoms with Crippen molar-refractivity contribution in [1.29, 1.82) is 0 Å². The quantitative estimate of drug-likeness (QED) is 0.131. The first-order chi connectivity index (χ1) is 23.0. The third-order valence-corrected chi connectivity index (χ3v) is 12.3. The van der Waals surface area contributed by atoms with Crippen molar-refractivity contribution in [2.24, 2.45) is 5.92 Å². The summed E-state index contributed by atoms with van der Waals surface area (Å²) in [4.78, 5) is 54.6. The third-order valence-electron chi connectivity index (χ3n) is 9.75. The molecule has 1 spiro atoms. The molecule has 0 saturated carbocycles. The molecular weight excluding hydrogens is 630 g/mol. The number of aliphatic hydroxyl groups excluding tert-OH is 1. The molecule has 3 aliphatic heterocycles. The minimum atomic E-state index is -2.94. The number of benzene rings is 4. The number of fused-ring (bicyclic) bond motifs is 4. The number of carbonyl (C=O) groups is 2. The van der Waals surface area contributed by atoms with Crippen LogP contribution in [0.2, 0.25) is 18.6 Å². The number of nitro groups is 1. The molecule has 0 aromatic heterocycles. The summed E-state index contributed by atoms with van der Waals surface area (Å²) in [7, 11) is -2.94.